The van der Waals surface area contributed by atoms with Crippen molar-refractivity contribution < 1.29 is 19.1 Å². The van der Waals surface area contributed by atoms with Gasteiger partial charge in [-0.3, -0.25) is 9.59 Å². The van der Waals surface area contributed by atoms with E-state index in [1.807, 2.05) is 43.0 Å². The van der Waals surface area contributed by atoms with Gasteiger partial charge in [-0.25, -0.2) is 0 Å². The van der Waals surface area contributed by atoms with Gasteiger partial charge in [-0.2, -0.15) is 0 Å². The van der Waals surface area contributed by atoms with E-state index in [0.29, 0.717) is 29.9 Å². The summed E-state index contributed by atoms with van der Waals surface area (Å²) >= 11 is 0. The number of amides is 1. The van der Waals surface area contributed by atoms with E-state index in [2.05, 4.69) is 4.98 Å². The van der Waals surface area contributed by atoms with Gasteiger partial charge in [0.15, 0.2) is 5.78 Å². The third kappa shape index (κ3) is 4.28. The molecule has 2 heterocycles. The molecule has 1 unspecified atom stereocenters. The van der Waals surface area contributed by atoms with Crippen molar-refractivity contribution >= 4 is 11.7 Å². The zero-order valence-electron chi connectivity index (χ0n) is 17.0. The first-order valence-corrected chi connectivity index (χ1v) is 9.64. The van der Waals surface area contributed by atoms with E-state index < -0.39 is 0 Å². The predicted octanol–water partition coefficient (Wildman–Crippen LogP) is 3.66. The van der Waals surface area contributed by atoms with Crippen molar-refractivity contribution in [3.8, 4) is 5.75 Å². The largest absolute Gasteiger partial charge is 0.497 e. The number of H-pyrrole nitrogens is 1. The van der Waals surface area contributed by atoms with Crippen molar-refractivity contribution in [3.63, 3.8) is 0 Å². The number of aromatic amines is 1. The average molecular weight is 384 g/mol. The van der Waals surface area contributed by atoms with Crippen LogP contribution in [-0.4, -0.2) is 47.9 Å². The molecular formula is C22H28N2O4. The number of hydrogen-bond acceptors (Lipinski definition) is 4. The lowest BCUT2D eigenvalue weighted by molar-refractivity contribution is 0.0506. The number of rotatable bonds is 7. The Kier molecular flexibility index (Phi) is 6.19. The van der Waals surface area contributed by atoms with Crippen molar-refractivity contribution in [2.75, 3.05) is 20.3 Å². The quantitative estimate of drug-likeness (QED) is 0.740. The maximum absolute atomic E-state index is 13.5. The third-order valence-corrected chi connectivity index (χ3v) is 5.27. The molecule has 6 nitrogen and oxygen atoms in total. The summed E-state index contributed by atoms with van der Waals surface area (Å²) in [5, 5.41) is 0. The molecular weight excluding hydrogens is 356 g/mol. The van der Waals surface area contributed by atoms with Crippen LogP contribution in [-0.2, 0) is 11.3 Å². The van der Waals surface area contributed by atoms with E-state index in [1.54, 1.807) is 7.11 Å². The molecule has 0 aliphatic carbocycles. The SMILES string of the molecule is COc1ccc(CN(CC2CCCO2)C(=O)c2c(C)[nH]c(C(C)=O)c2C)cc1. The summed E-state index contributed by atoms with van der Waals surface area (Å²) < 4.78 is 11.0. The Balaban J connectivity index is 1.89. The van der Waals surface area contributed by atoms with Crippen LogP contribution in [0.1, 0.15) is 57.4 Å². The highest BCUT2D eigenvalue weighted by atomic mass is 16.5. The smallest absolute Gasteiger partial charge is 0.256 e. The minimum absolute atomic E-state index is 0.0500. The number of nitrogens with zero attached hydrogens (tertiary/aromatic N) is 1. The Morgan fingerprint density at radius 1 is 1.25 bits per heavy atom. The number of methoxy groups -OCH3 is 1. The van der Waals surface area contributed by atoms with E-state index >= 15 is 0 Å². The van der Waals surface area contributed by atoms with E-state index in [1.165, 1.54) is 6.92 Å². The minimum atomic E-state index is -0.0786. The molecule has 1 aliphatic rings. The minimum Gasteiger partial charge on any atom is -0.497 e. The van der Waals surface area contributed by atoms with Crippen molar-refractivity contribution in [2.24, 2.45) is 0 Å². The second-order valence-electron chi connectivity index (χ2n) is 7.35. The summed E-state index contributed by atoms with van der Waals surface area (Å²) in [6.07, 6.45) is 2.02. The number of ether oxygens (including phenoxy) is 2. The predicted molar refractivity (Wildman–Crippen MR) is 107 cm³/mol. The van der Waals surface area contributed by atoms with E-state index in [9.17, 15) is 9.59 Å². The van der Waals surface area contributed by atoms with Gasteiger partial charge in [0, 0.05) is 32.3 Å². The molecule has 150 valence electrons. The summed E-state index contributed by atoms with van der Waals surface area (Å²) in [7, 11) is 1.63. The number of aromatic nitrogens is 1. The van der Waals surface area contributed by atoms with E-state index in [-0.39, 0.29) is 17.8 Å². The Labute approximate surface area is 165 Å². The van der Waals surface area contributed by atoms with Gasteiger partial charge >= 0.3 is 0 Å². The maximum Gasteiger partial charge on any atom is 0.256 e. The molecule has 1 aromatic carbocycles. The first-order chi connectivity index (χ1) is 13.4. The molecule has 1 aromatic heterocycles. The fraction of sp³-hybridized carbons (Fsp3) is 0.455. The van der Waals surface area contributed by atoms with Crippen molar-refractivity contribution in [2.45, 2.75) is 46.3 Å². The summed E-state index contributed by atoms with van der Waals surface area (Å²) in [6, 6.07) is 7.72. The molecule has 0 saturated carbocycles. The third-order valence-electron chi connectivity index (χ3n) is 5.27. The number of Topliss-reactive ketones (excluding diaryl/α,β-unsaturated/α-hetero) is 1. The van der Waals surface area contributed by atoms with Gasteiger partial charge in [0.1, 0.15) is 5.75 Å². The lowest BCUT2D eigenvalue weighted by Gasteiger charge is -2.26. The molecule has 1 saturated heterocycles. The van der Waals surface area contributed by atoms with Crippen LogP contribution in [0.3, 0.4) is 0 Å². The monoisotopic (exact) mass is 384 g/mol. The first kappa shape index (κ1) is 20.1. The van der Waals surface area contributed by atoms with Crippen LogP contribution in [0.4, 0.5) is 0 Å². The Bertz CT molecular complexity index is 848. The van der Waals surface area contributed by atoms with Gasteiger partial charge in [0.25, 0.3) is 5.91 Å². The number of carbonyl (C=O) groups excluding carboxylic acids is 2. The summed E-state index contributed by atoms with van der Waals surface area (Å²) in [4.78, 5) is 30.2. The number of ketones is 1. The fourth-order valence-corrected chi connectivity index (χ4v) is 3.79. The van der Waals surface area contributed by atoms with E-state index in [0.717, 1.165) is 36.5 Å². The number of benzene rings is 1. The molecule has 1 fully saturated rings. The standard InChI is InChI=1S/C22H28N2O4/c1-14-20(15(2)23-21(14)16(3)25)22(26)24(13-19-6-5-11-28-19)12-17-7-9-18(27-4)10-8-17/h7-10,19,23H,5-6,11-13H2,1-4H3. The van der Waals surface area contributed by atoms with Crippen LogP contribution < -0.4 is 4.74 Å². The zero-order valence-corrected chi connectivity index (χ0v) is 17.0. The van der Waals surface area contributed by atoms with Gasteiger partial charge in [-0.15, -0.1) is 0 Å². The van der Waals surface area contributed by atoms with Crippen molar-refractivity contribution in [1.82, 2.24) is 9.88 Å². The summed E-state index contributed by atoms with van der Waals surface area (Å²) in [6.45, 7) is 6.92. The normalized spacial score (nSPS) is 16.2. The average Bonchev–Trinajstić information content (AvgIpc) is 3.29. The number of aryl methyl sites for hydroxylation is 1. The Morgan fingerprint density at radius 3 is 2.50 bits per heavy atom. The summed E-state index contributed by atoms with van der Waals surface area (Å²) in [5.74, 6) is 0.634. The molecule has 1 atom stereocenters. The molecule has 1 aliphatic heterocycles. The van der Waals surface area contributed by atoms with Crippen LogP contribution in [0.2, 0.25) is 0 Å². The topological polar surface area (TPSA) is 71.6 Å². The van der Waals surface area contributed by atoms with Crippen molar-refractivity contribution in [3.05, 3.63) is 52.3 Å². The van der Waals surface area contributed by atoms with Crippen LogP contribution in [0.15, 0.2) is 24.3 Å². The number of carbonyl (C=O) groups is 2. The molecule has 0 bridgehead atoms. The Hall–Kier alpha value is -2.60. The lowest BCUT2D eigenvalue weighted by Crippen LogP contribution is -2.37. The molecule has 0 radical (unpaired) electrons. The van der Waals surface area contributed by atoms with Crippen molar-refractivity contribution in [1.29, 1.82) is 0 Å². The van der Waals surface area contributed by atoms with Crippen LogP contribution in [0.5, 0.6) is 5.75 Å². The highest BCUT2D eigenvalue weighted by Gasteiger charge is 2.28. The van der Waals surface area contributed by atoms with Gasteiger partial charge in [0.05, 0.1) is 24.5 Å². The number of hydrogen-bond donors (Lipinski definition) is 1. The molecule has 2 aromatic rings. The maximum atomic E-state index is 13.5. The molecule has 1 amide bonds. The second-order valence-corrected chi connectivity index (χ2v) is 7.35. The zero-order chi connectivity index (χ0) is 20.3. The van der Waals surface area contributed by atoms with Crippen LogP contribution >= 0.6 is 0 Å². The lowest BCUT2D eigenvalue weighted by atomic mass is 10.1. The molecule has 28 heavy (non-hydrogen) atoms. The van der Waals surface area contributed by atoms with Gasteiger partial charge < -0.3 is 19.4 Å². The second kappa shape index (κ2) is 8.61. The number of nitrogens with one attached hydrogen (secondary N) is 1. The molecule has 0 spiro atoms. The van der Waals surface area contributed by atoms with Gasteiger partial charge in [-0.05, 0) is 49.9 Å². The van der Waals surface area contributed by atoms with Gasteiger partial charge in [-0.1, -0.05) is 12.1 Å². The first-order valence-electron chi connectivity index (χ1n) is 9.64. The highest BCUT2D eigenvalue weighted by Crippen LogP contribution is 2.24. The van der Waals surface area contributed by atoms with Crippen LogP contribution in [0.25, 0.3) is 0 Å². The molecule has 6 heteroatoms. The van der Waals surface area contributed by atoms with E-state index in [4.69, 9.17) is 9.47 Å². The molecule has 3 rings (SSSR count). The fourth-order valence-electron chi connectivity index (χ4n) is 3.79. The van der Waals surface area contributed by atoms with Crippen LogP contribution in [0, 0.1) is 13.8 Å². The Morgan fingerprint density at radius 2 is 1.96 bits per heavy atom. The highest BCUT2D eigenvalue weighted by molar-refractivity contribution is 6.02. The van der Waals surface area contributed by atoms with Gasteiger partial charge in [0.2, 0.25) is 0 Å². The summed E-state index contributed by atoms with van der Waals surface area (Å²) in [5.41, 5.74) is 3.53. The molecule has 1 N–H and O–H groups in total.